The van der Waals surface area contributed by atoms with E-state index in [-0.39, 0.29) is 11.5 Å². The van der Waals surface area contributed by atoms with Gasteiger partial charge < -0.3 is 14.8 Å². The van der Waals surface area contributed by atoms with Crippen molar-refractivity contribution in [2.75, 3.05) is 5.32 Å². The lowest BCUT2D eigenvalue weighted by Gasteiger charge is -2.06. The summed E-state index contributed by atoms with van der Waals surface area (Å²) in [4.78, 5) is 27.9. The Bertz CT molecular complexity index is 928. The number of carboxylic acids is 1. The Morgan fingerprint density at radius 1 is 1.17 bits per heavy atom. The van der Waals surface area contributed by atoms with E-state index in [0.717, 1.165) is 11.4 Å². The highest BCUT2D eigenvalue weighted by molar-refractivity contribution is 6.08. The van der Waals surface area contributed by atoms with E-state index >= 15 is 0 Å². The lowest BCUT2D eigenvalue weighted by molar-refractivity contribution is 0.0696. The molecule has 0 atom stereocenters. The number of nitrogens with one attached hydrogen (secondary N) is 1. The van der Waals surface area contributed by atoms with Gasteiger partial charge in [0.2, 0.25) is 0 Å². The fourth-order valence-electron chi connectivity index (χ4n) is 2.50. The zero-order valence-electron chi connectivity index (χ0n) is 12.7. The summed E-state index contributed by atoms with van der Waals surface area (Å²) in [6, 6.07) is 9.76. The second-order valence-electron chi connectivity index (χ2n) is 5.30. The molecule has 6 heteroatoms. The molecule has 3 aromatic rings. The summed E-state index contributed by atoms with van der Waals surface area (Å²) in [5, 5.41) is 11.7. The van der Waals surface area contributed by atoms with Crippen LogP contribution in [-0.2, 0) is 0 Å². The number of carboxylic acid groups (broad SMARTS) is 1. The Kier molecular flexibility index (Phi) is 3.57. The van der Waals surface area contributed by atoms with Crippen molar-refractivity contribution in [3.05, 3.63) is 65.1 Å². The summed E-state index contributed by atoms with van der Waals surface area (Å²) < 4.78 is 1.84. The number of benzene rings is 1. The monoisotopic (exact) mass is 309 g/mol. The molecule has 2 N–H and O–H groups in total. The topological polar surface area (TPSA) is 83.7 Å². The first-order chi connectivity index (χ1) is 11.0. The molecule has 1 amide bonds. The summed E-state index contributed by atoms with van der Waals surface area (Å²) in [5.74, 6) is -1.36. The second-order valence-corrected chi connectivity index (χ2v) is 5.30. The fraction of sp³-hybridized carbons (Fsp3) is 0.118. The predicted molar refractivity (Wildman–Crippen MR) is 86.0 cm³/mol. The number of hydrogen-bond acceptors (Lipinski definition) is 3. The normalized spacial score (nSPS) is 10.7. The van der Waals surface area contributed by atoms with Crippen LogP contribution in [0, 0.1) is 13.8 Å². The van der Waals surface area contributed by atoms with Gasteiger partial charge in [0.15, 0.2) is 0 Å². The molecular formula is C17H15N3O3. The van der Waals surface area contributed by atoms with Crippen LogP contribution in [0.1, 0.15) is 32.1 Å². The molecule has 0 aliphatic carbocycles. The van der Waals surface area contributed by atoms with E-state index in [0.29, 0.717) is 16.9 Å². The van der Waals surface area contributed by atoms with Crippen LogP contribution in [0.25, 0.3) is 5.65 Å². The highest BCUT2D eigenvalue weighted by atomic mass is 16.4. The lowest BCUT2D eigenvalue weighted by Crippen LogP contribution is -2.13. The number of hydrogen-bond donors (Lipinski definition) is 2. The molecule has 0 bridgehead atoms. The molecule has 0 saturated carbocycles. The summed E-state index contributed by atoms with van der Waals surface area (Å²) >= 11 is 0. The number of nitrogens with zero attached hydrogens (tertiary/aromatic N) is 2. The lowest BCUT2D eigenvalue weighted by atomic mass is 10.2. The average Bonchev–Trinajstić information content (AvgIpc) is 2.91. The van der Waals surface area contributed by atoms with Crippen LogP contribution in [0.3, 0.4) is 0 Å². The fourth-order valence-corrected chi connectivity index (χ4v) is 2.50. The predicted octanol–water partition coefficient (Wildman–Crippen LogP) is 2.90. The quantitative estimate of drug-likeness (QED) is 0.779. The number of fused-ring (bicyclic) bond motifs is 1. The van der Waals surface area contributed by atoms with Crippen molar-refractivity contribution in [2.45, 2.75) is 13.8 Å². The molecule has 0 saturated heterocycles. The molecule has 0 aliphatic rings. The van der Waals surface area contributed by atoms with Gasteiger partial charge in [-0.05, 0) is 44.2 Å². The van der Waals surface area contributed by atoms with Crippen LogP contribution in [-0.4, -0.2) is 26.4 Å². The number of aryl methyl sites for hydroxylation is 2. The minimum atomic E-state index is -1.04. The largest absolute Gasteiger partial charge is 0.478 e. The highest BCUT2D eigenvalue weighted by Crippen LogP contribution is 2.17. The van der Waals surface area contributed by atoms with Gasteiger partial charge in [0, 0.05) is 23.3 Å². The van der Waals surface area contributed by atoms with E-state index in [1.807, 2.05) is 24.3 Å². The third-order valence-corrected chi connectivity index (χ3v) is 3.55. The molecule has 116 valence electrons. The summed E-state index contributed by atoms with van der Waals surface area (Å²) in [6.07, 6.45) is 1.79. The van der Waals surface area contributed by atoms with Crippen molar-refractivity contribution in [3.8, 4) is 0 Å². The van der Waals surface area contributed by atoms with Gasteiger partial charge in [0.1, 0.15) is 5.65 Å². The molecule has 0 spiro atoms. The van der Waals surface area contributed by atoms with Gasteiger partial charge in [0.25, 0.3) is 5.91 Å². The van der Waals surface area contributed by atoms with E-state index in [2.05, 4.69) is 10.3 Å². The molecule has 6 nitrogen and oxygen atoms in total. The van der Waals surface area contributed by atoms with E-state index in [9.17, 15) is 9.59 Å². The van der Waals surface area contributed by atoms with E-state index in [4.69, 9.17) is 5.11 Å². The molecule has 2 aromatic heterocycles. The third-order valence-electron chi connectivity index (χ3n) is 3.55. The minimum Gasteiger partial charge on any atom is -0.478 e. The third kappa shape index (κ3) is 2.78. The Morgan fingerprint density at radius 2 is 1.96 bits per heavy atom. The maximum absolute atomic E-state index is 12.5. The summed E-state index contributed by atoms with van der Waals surface area (Å²) in [7, 11) is 0. The zero-order chi connectivity index (χ0) is 16.6. The van der Waals surface area contributed by atoms with Crippen LogP contribution < -0.4 is 5.32 Å². The van der Waals surface area contributed by atoms with Gasteiger partial charge >= 0.3 is 5.97 Å². The van der Waals surface area contributed by atoms with Crippen molar-refractivity contribution in [1.29, 1.82) is 0 Å². The SMILES string of the molecule is Cc1cc(C)n2ccc(C(=O)Nc3cccc(C(=O)O)c3)c2n1. The van der Waals surface area contributed by atoms with Crippen LogP contribution in [0.5, 0.6) is 0 Å². The number of anilines is 1. The average molecular weight is 309 g/mol. The number of aromatic nitrogens is 2. The maximum Gasteiger partial charge on any atom is 0.335 e. The molecule has 0 fully saturated rings. The standard InChI is InChI=1S/C17H15N3O3/c1-10-8-11(2)20-7-6-14(15(20)18-10)16(21)19-13-5-3-4-12(9-13)17(22)23/h3-9H,1-2H3,(H,19,21)(H,22,23). The Labute approximate surface area is 132 Å². The first-order valence-corrected chi connectivity index (χ1v) is 7.06. The van der Waals surface area contributed by atoms with Gasteiger partial charge in [-0.3, -0.25) is 4.79 Å². The first kappa shape index (κ1) is 14.8. The Hall–Kier alpha value is -3.15. The number of aromatic carboxylic acids is 1. The second kappa shape index (κ2) is 5.57. The van der Waals surface area contributed by atoms with Crippen molar-refractivity contribution in [1.82, 2.24) is 9.38 Å². The maximum atomic E-state index is 12.5. The van der Waals surface area contributed by atoms with Crippen LogP contribution >= 0.6 is 0 Å². The minimum absolute atomic E-state index is 0.120. The molecule has 2 heterocycles. The molecule has 23 heavy (non-hydrogen) atoms. The molecule has 1 aromatic carbocycles. The Balaban J connectivity index is 1.95. The number of carbonyl (C=O) groups excluding carboxylic acids is 1. The highest BCUT2D eigenvalue weighted by Gasteiger charge is 2.15. The van der Waals surface area contributed by atoms with E-state index in [1.54, 1.807) is 24.4 Å². The van der Waals surface area contributed by atoms with Crippen LogP contribution in [0.4, 0.5) is 5.69 Å². The zero-order valence-corrected chi connectivity index (χ0v) is 12.7. The van der Waals surface area contributed by atoms with E-state index in [1.165, 1.54) is 12.1 Å². The van der Waals surface area contributed by atoms with Crippen molar-refractivity contribution < 1.29 is 14.7 Å². The van der Waals surface area contributed by atoms with Crippen molar-refractivity contribution in [2.24, 2.45) is 0 Å². The summed E-state index contributed by atoms with van der Waals surface area (Å²) in [6.45, 7) is 3.82. The summed E-state index contributed by atoms with van der Waals surface area (Å²) in [5.41, 5.74) is 3.38. The van der Waals surface area contributed by atoms with Gasteiger partial charge in [-0.2, -0.15) is 0 Å². The smallest absolute Gasteiger partial charge is 0.335 e. The van der Waals surface area contributed by atoms with Crippen LogP contribution in [0.15, 0.2) is 42.6 Å². The van der Waals surface area contributed by atoms with Crippen LogP contribution in [0.2, 0.25) is 0 Å². The molecule has 0 radical (unpaired) electrons. The van der Waals surface area contributed by atoms with Gasteiger partial charge in [-0.25, -0.2) is 9.78 Å². The van der Waals surface area contributed by atoms with Gasteiger partial charge in [-0.15, -0.1) is 0 Å². The molecule has 0 unspecified atom stereocenters. The number of carbonyl (C=O) groups is 2. The van der Waals surface area contributed by atoms with E-state index < -0.39 is 5.97 Å². The molecule has 3 rings (SSSR count). The molecule has 0 aliphatic heterocycles. The number of rotatable bonds is 3. The van der Waals surface area contributed by atoms with Crippen molar-refractivity contribution in [3.63, 3.8) is 0 Å². The van der Waals surface area contributed by atoms with Gasteiger partial charge in [-0.1, -0.05) is 6.07 Å². The van der Waals surface area contributed by atoms with Gasteiger partial charge in [0.05, 0.1) is 11.1 Å². The van der Waals surface area contributed by atoms with Crippen molar-refractivity contribution >= 4 is 23.2 Å². The molecular weight excluding hydrogens is 294 g/mol. The Morgan fingerprint density at radius 3 is 2.70 bits per heavy atom. The first-order valence-electron chi connectivity index (χ1n) is 7.06. The number of amides is 1.